The molecule has 0 spiro atoms. The maximum Gasteiger partial charge on any atom is 0.418 e. The number of hydrogen-bond acceptors (Lipinski definition) is 3. The summed E-state index contributed by atoms with van der Waals surface area (Å²) in [5.41, 5.74) is -1.20. The van der Waals surface area contributed by atoms with Crippen LogP contribution in [0, 0.1) is 0 Å². The van der Waals surface area contributed by atoms with Gasteiger partial charge in [0.1, 0.15) is 6.21 Å². The van der Waals surface area contributed by atoms with E-state index >= 15 is 0 Å². The molecule has 0 bridgehead atoms. The number of carbonyl (C=O) groups is 1. The van der Waals surface area contributed by atoms with Crippen molar-refractivity contribution in [1.82, 2.24) is 0 Å². The molecule has 0 aliphatic carbocycles. The number of benzene rings is 1. The first-order valence-corrected chi connectivity index (χ1v) is 4.82. The molecule has 0 aliphatic rings. The van der Waals surface area contributed by atoms with Crippen LogP contribution in [0.3, 0.4) is 0 Å². The van der Waals surface area contributed by atoms with Gasteiger partial charge in [-0.3, -0.25) is 0 Å². The Morgan fingerprint density at radius 3 is 2.65 bits per heavy atom. The van der Waals surface area contributed by atoms with Gasteiger partial charge in [-0.2, -0.15) is 13.2 Å². The van der Waals surface area contributed by atoms with E-state index in [2.05, 4.69) is 9.73 Å². The van der Waals surface area contributed by atoms with E-state index in [1.807, 2.05) is 0 Å². The second-order valence-corrected chi connectivity index (χ2v) is 3.03. The number of hydrogen-bond donors (Lipinski definition) is 0. The number of nitrogens with zero attached hydrogens (tertiary/aromatic N) is 1. The lowest BCUT2D eigenvalue weighted by atomic mass is 10.2. The number of para-hydroxylation sites is 1. The predicted molar refractivity (Wildman–Crippen MR) is 56.2 cm³/mol. The van der Waals surface area contributed by atoms with E-state index in [4.69, 9.17) is 0 Å². The Kier molecular flexibility index (Phi) is 4.25. The lowest BCUT2D eigenvalue weighted by Crippen LogP contribution is -2.07. The minimum absolute atomic E-state index is 0.145. The van der Waals surface area contributed by atoms with E-state index in [0.717, 1.165) is 12.3 Å². The van der Waals surface area contributed by atoms with Gasteiger partial charge in [0.2, 0.25) is 0 Å². The van der Waals surface area contributed by atoms with Gasteiger partial charge in [-0.25, -0.2) is 9.79 Å². The van der Waals surface area contributed by atoms with E-state index in [1.165, 1.54) is 18.2 Å². The average molecular weight is 245 g/mol. The predicted octanol–water partition coefficient (Wildman–Crippen LogP) is 2.97. The second-order valence-electron chi connectivity index (χ2n) is 3.03. The molecule has 0 amide bonds. The summed E-state index contributed by atoms with van der Waals surface area (Å²) in [6, 6.07) is 4.75. The Labute approximate surface area is 95.9 Å². The number of ether oxygens (including phenoxy) is 1. The maximum atomic E-state index is 12.5. The van der Waals surface area contributed by atoms with Gasteiger partial charge in [-0.1, -0.05) is 12.1 Å². The SMILES string of the molecule is CCOC(=O)C=Nc1ccccc1C(F)(F)F. The smallest absolute Gasteiger partial charge is 0.418 e. The standard InChI is InChI=1S/C11H10F3NO2/c1-2-17-10(16)7-15-9-6-4-3-5-8(9)11(12,13)14/h3-7H,2H2,1H3. The maximum absolute atomic E-state index is 12.5. The summed E-state index contributed by atoms with van der Waals surface area (Å²) in [5, 5.41) is 0. The highest BCUT2D eigenvalue weighted by atomic mass is 19.4. The van der Waals surface area contributed by atoms with Crippen molar-refractivity contribution in [3.05, 3.63) is 29.8 Å². The van der Waals surface area contributed by atoms with Crippen LogP contribution in [0.1, 0.15) is 12.5 Å². The zero-order valence-corrected chi connectivity index (χ0v) is 8.99. The first-order valence-electron chi connectivity index (χ1n) is 4.82. The summed E-state index contributed by atoms with van der Waals surface area (Å²) in [6.07, 6.45) is -3.77. The number of alkyl halides is 3. The number of aliphatic imine (C=N–C) groups is 1. The molecule has 1 rings (SSSR count). The van der Waals surface area contributed by atoms with Crippen LogP contribution in [-0.4, -0.2) is 18.8 Å². The van der Waals surface area contributed by atoms with Crippen LogP contribution < -0.4 is 0 Å². The molecule has 0 fully saturated rings. The fourth-order valence-electron chi connectivity index (χ4n) is 1.13. The van der Waals surface area contributed by atoms with Crippen LogP contribution in [-0.2, 0) is 15.7 Å². The van der Waals surface area contributed by atoms with Crippen molar-refractivity contribution in [2.75, 3.05) is 6.61 Å². The monoisotopic (exact) mass is 245 g/mol. The zero-order valence-electron chi connectivity index (χ0n) is 8.99. The van der Waals surface area contributed by atoms with E-state index in [0.29, 0.717) is 0 Å². The van der Waals surface area contributed by atoms with Crippen molar-refractivity contribution in [1.29, 1.82) is 0 Å². The van der Waals surface area contributed by atoms with Gasteiger partial charge in [0.05, 0.1) is 17.9 Å². The van der Waals surface area contributed by atoms with E-state index in [9.17, 15) is 18.0 Å². The molecule has 0 unspecified atom stereocenters. The number of halogens is 3. The third kappa shape index (κ3) is 3.90. The molecule has 17 heavy (non-hydrogen) atoms. The van der Waals surface area contributed by atoms with Crippen molar-refractivity contribution in [3.8, 4) is 0 Å². The molecule has 0 aliphatic heterocycles. The van der Waals surface area contributed by atoms with Crippen LogP contribution in [0.2, 0.25) is 0 Å². The highest BCUT2D eigenvalue weighted by molar-refractivity contribution is 6.23. The lowest BCUT2D eigenvalue weighted by molar-refractivity contribution is -0.137. The normalized spacial score (nSPS) is 11.8. The third-order valence-corrected chi connectivity index (χ3v) is 1.81. The molecule has 6 heteroatoms. The molecule has 0 N–H and O–H groups in total. The van der Waals surface area contributed by atoms with Gasteiger partial charge in [0.25, 0.3) is 0 Å². The highest BCUT2D eigenvalue weighted by Crippen LogP contribution is 2.35. The van der Waals surface area contributed by atoms with Crippen LogP contribution >= 0.6 is 0 Å². The first kappa shape index (κ1) is 13.2. The molecule has 92 valence electrons. The third-order valence-electron chi connectivity index (χ3n) is 1.81. The summed E-state index contributed by atoms with van der Waals surface area (Å²) in [6.45, 7) is 1.74. The van der Waals surface area contributed by atoms with Crippen molar-refractivity contribution in [2.45, 2.75) is 13.1 Å². The fraction of sp³-hybridized carbons (Fsp3) is 0.273. The first-order chi connectivity index (χ1) is 7.95. The van der Waals surface area contributed by atoms with Crippen LogP contribution in [0.15, 0.2) is 29.3 Å². The molecule has 1 aromatic carbocycles. The Balaban J connectivity index is 2.95. The average Bonchev–Trinajstić information content (AvgIpc) is 2.26. The Morgan fingerprint density at radius 1 is 1.41 bits per heavy atom. The Morgan fingerprint density at radius 2 is 2.06 bits per heavy atom. The number of carbonyl (C=O) groups excluding carboxylic acids is 1. The number of rotatable bonds is 3. The minimum Gasteiger partial charge on any atom is -0.462 e. The van der Waals surface area contributed by atoms with E-state index in [1.54, 1.807) is 6.92 Å². The van der Waals surface area contributed by atoms with Crippen LogP contribution in [0.5, 0.6) is 0 Å². The summed E-state index contributed by atoms with van der Waals surface area (Å²) < 4.78 is 42.1. The van der Waals surface area contributed by atoms with E-state index < -0.39 is 17.7 Å². The molecule has 0 saturated heterocycles. The Hall–Kier alpha value is -1.85. The topological polar surface area (TPSA) is 38.7 Å². The molecule has 0 radical (unpaired) electrons. The molecule has 0 atom stereocenters. The minimum atomic E-state index is -4.50. The van der Waals surface area contributed by atoms with Gasteiger partial charge < -0.3 is 4.74 Å². The summed E-state index contributed by atoms with van der Waals surface area (Å²) in [5.74, 6) is -0.774. The lowest BCUT2D eigenvalue weighted by Gasteiger charge is -2.08. The van der Waals surface area contributed by atoms with Crippen molar-refractivity contribution in [2.24, 2.45) is 4.99 Å². The zero-order chi connectivity index (χ0) is 12.9. The van der Waals surface area contributed by atoms with Crippen molar-refractivity contribution < 1.29 is 22.7 Å². The largest absolute Gasteiger partial charge is 0.462 e. The molecule has 3 nitrogen and oxygen atoms in total. The molecule has 1 aromatic rings. The van der Waals surface area contributed by atoms with Gasteiger partial charge >= 0.3 is 12.1 Å². The van der Waals surface area contributed by atoms with Crippen molar-refractivity contribution in [3.63, 3.8) is 0 Å². The van der Waals surface area contributed by atoms with Crippen LogP contribution in [0.4, 0.5) is 18.9 Å². The number of esters is 1. The van der Waals surface area contributed by atoms with Gasteiger partial charge in [-0.05, 0) is 19.1 Å². The quantitative estimate of drug-likeness (QED) is 0.606. The molecular formula is C11H10F3NO2. The molecule has 0 saturated carbocycles. The van der Waals surface area contributed by atoms with Gasteiger partial charge in [-0.15, -0.1) is 0 Å². The van der Waals surface area contributed by atoms with Gasteiger partial charge in [0, 0.05) is 0 Å². The summed E-state index contributed by atoms with van der Waals surface area (Å²) >= 11 is 0. The fourth-order valence-corrected chi connectivity index (χ4v) is 1.13. The van der Waals surface area contributed by atoms with Crippen LogP contribution in [0.25, 0.3) is 0 Å². The summed E-state index contributed by atoms with van der Waals surface area (Å²) in [7, 11) is 0. The van der Waals surface area contributed by atoms with Gasteiger partial charge in [0.15, 0.2) is 0 Å². The molecule has 0 heterocycles. The Bertz CT molecular complexity index is 427. The molecular weight excluding hydrogens is 235 g/mol. The van der Waals surface area contributed by atoms with Crippen molar-refractivity contribution >= 4 is 17.9 Å². The highest BCUT2D eigenvalue weighted by Gasteiger charge is 2.33. The second kappa shape index (κ2) is 5.47. The van der Waals surface area contributed by atoms with E-state index in [-0.39, 0.29) is 12.3 Å². The molecule has 0 aromatic heterocycles. The summed E-state index contributed by atoms with van der Waals surface area (Å²) in [4.78, 5) is 14.4.